The van der Waals surface area contributed by atoms with Crippen LogP contribution in [-0.4, -0.2) is 32.1 Å². The van der Waals surface area contributed by atoms with Crippen LogP contribution in [0.25, 0.3) is 11.3 Å². The molecule has 0 fully saturated rings. The van der Waals surface area contributed by atoms with Crippen molar-refractivity contribution in [3.63, 3.8) is 0 Å². The summed E-state index contributed by atoms with van der Waals surface area (Å²) in [6, 6.07) is 3.80. The molecule has 0 saturated carbocycles. The minimum Gasteiger partial charge on any atom is -0.273 e. The largest absolute Gasteiger partial charge is 0.273 e. The van der Waals surface area contributed by atoms with E-state index in [2.05, 4.69) is 15.4 Å². The predicted molar refractivity (Wildman–Crippen MR) is 82.2 cm³/mol. The highest BCUT2D eigenvalue weighted by molar-refractivity contribution is 7.99. The van der Waals surface area contributed by atoms with Crippen LogP contribution in [0.2, 0.25) is 0 Å². The molecule has 2 heterocycles. The van der Waals surface area contributed by atoms with Gasteiger partial charge in [0, 0.05) is 29.6 Å². The molecule has 0 aromatic carbocycles. The van der Waals surface area contributed by atoms with E-state index in [0.29, 0.717) is 11.7 Å². The average Bonchev–Trinajstić information content (AvgIpc) is 2.81. The maximum atomic E-state index is 11.9. The van der Waals surface area contributed by atoms with Gasteiger partial charge in [0.05, 0.1) is 11.9 Å². The summed E-state index contributed by atoms with van der Waals surface area (Å²) < 4.78 is 1.66. The first-order valence-electron chi connectivity index (χ1n) is 6.39. The zero-order chi connectivity index (χ0) is 14.5. The third-order valence-electron chi connectivity index (χ3n) is 2.96. The number of aromatic nitrogens is 3. The van der Waals surface area contributed by atoms with Crippen molar-refractivity contribution in [3.05, 3.63) is 36.5 Å². The summed E-state index contributed by atoms with van der Waals surface area (Å²) in [6.45, 7) is 3.89. The van der Waals surface area contributed by atoms with E-state index in [-0.39, 0.29) is 5.91 Å². The lowest BCUT2D eigenvalue weighted by molar-refractivity contribution is -0.117. The van der Waals surface area contributed by atoms with Gasteiger partial charge in [-0.3, -0.25) is 15.2 Å². The fourth-order valence-electron chi connectivity index (χ4n) is 1.76. The smallest absolute Gasteiger partial charge is 0.239 e. The van der Waals surface area contributed by atoms with E-state index >= 15 is 0 Å². The number of thioether (sulfide) groups is 1. The number of hydrogen-bond donors (Lipinski definition) is 1. The molecule has 6 heteroatoms. The second-order valence-electron chi connectivity index (χ2n) is 4.57. The highest BCUT2D eigenvalue weighted by Crippen LogP contribution is 2.16. The zero-order valence-corrected chi connectivity index (χ0v) is 12.6. The molecule has 20 heavy (non-hydrogen) atoms. The fraction of sp³-hybridized carbons (Fsp3) is 0.357. The number of nitrogens with zero attached hydrogens (tertiary/aromatic N) is 3. The van der Waals surface area contributed by atoms with Crippen molar-refractivity contribution in [2.24, 2.45) is 0 Å². The van der Waals surface area contributed by atoms with Gasteiger partial charge in [0.1, 0.15) is 5.82 Å². The third kappa shape index (κ3) is 3.60. The van der Waals surface area contributed by atoms with Crippen LogP contribution < -0.4 is 5.43 Å². The molecule has 0 aliphatic rings. The fourth-order valence-corrected chi connectivity index (χ4v) is 2.08. The van der Waals surface area contributed by atoms with Crippen LogP contribution in [0.15, 0.2) is 30.7 Å². The highest BCUT2D eigenvalue weighted by Gasteiger charge is 2.11. The van der Waals surface area contributed by atoms with E-state index in [9.17, 15) is 4.79 Å². The minimum atomic E-state index is -0.00918. The number of nitrogens with one attached hydrogen (secondary N) is 1. The van der Waals surface area contributed by atoms with Crippen molar-refractivity contribution in [1.82, 2.24) is 14.6 Å². The Labute approximate surface area is 122 Å². The molecule has 2 aromatic rings. The lowest BCUT2D eigenvalue weighted by Crippen LogP contribution is -2.25. The highest BCUT2D eigenvalue weighted by atomic mass is 32.2. The Balaban J connectivity index is 2.10. The molecule has 0 aliphatic carbocycles. The van der Waals surface area contributed by atoms with Gasteiger partial charge in [-0.25, -0.2) is 9.66 Å². The van der Waals surface area contributed by atoms with Crippen LogP contribution in [0.4, 0.5) is 0 Å². The summed E-state index contributed by atoms with van der Waals surface area (Å²) in [4.78, 5) is 20.4. The van der Waals surface area contributed by atoms with Crippen LogP contribution in [0.5, 0.6) is 0 Å². The van der Waals surface area contributed by atoms with Gasteiger partial charge >= 0.3 is 0 Å². The first-order chi connectivity index (χ1) is 9.60. The van der Waals surface area contributed by atoms with Crippen LogP contribution in [-0.2, 0) is 4.79 Å². The van der Waals surface area contributed by atoms with E-state index in [4.69, 9.17) is 0 Å². The molecule has 0 saturated heterocycles. The van der Waals surface area contributed by atoms with Gasteiger partial charge in [-0.15, -0.1) is 0 Å². The standard InChI is InChI=1S/C14H18N4OS/c1-10(20-3)7-14(19)17-18-9-13(16-11(18)2)12-5-4-6-15-8-12/h4-6,8-10H,7H2,1-3H3,(H,17,19). The van der Waals surface area contributed by atoms with Crippen molar-refractivity contribution in [3.8, 4) is 11.3 Å². The van der Waals surface area contributed by atoms with E-state index < -0.39 is 0 Å². The quantitative estimate of drug-likeness (QED) is 0.919. The number of aryl methyl sites for hydroxylation is 1. The van der Waals surface area contributed by atoms with Gasteiger partial charge in [-0.2, -0.15) is 11.8 Å². The summed E-state index contributed by atoms with van der Waals surface area (Å²) in [6.07, 6.45) is 7.78. The second kappa shape index (κ2) is 6.56. The summed E-state index contributed by atoms with van der Waals surface area (Å²) in [5, 5.41) is 0.302. The van der Waals surface area contributed by atoms with Gasteiger partial charge < -0.3 is 0 Å². The average molecular weight is 290 g/mol. The predicted octanol–water partition coefficient (Wildman–Crippen LogP) is 2.47. The monoisotopic (exact) mass is 290 g/mol. The molecule has 1 unspecified atom stereocenters. The third-order valence-corrected chi connectivity index (χ3v) is 3.93. The summed E-state index contributed by atoms with van der Waals surface area (Å²) in [7, 11) is 0. The Morgan fingerprint density at radius 3 is 3.00 bits per heavy atom. The van der Waals surface area contributed by atoms with Crippen molar-refractivity contribution >= 4 is 17.7 Å². The van der Waals surface area contributed by atoms with Gasteiger partial charge in [-0.1, -0.05) is 6.92 Å². The van der Waals surface area contributed by atoms with Gasteiger partial charge in [0.15, 0.2) is 0 Å². The summed E-state index contributed by atoms with van der Waals surface area (Å²) in [5.41, 5.74) is 4.58. The molecule has 1 amide bonds. The van der Waals surface area contributed by atoms with E-state index in [1.807, 2.05) is 38.4 Å². The summed E-state index contributed by atoms with van der Waals surface area (Å²) >= 11 is 1.68. The second-order valence-corrected chi connectivity index (χ2v) is 5.85. The molecule has 2 aromatic heterocycles. The molecule has 0 spiro atoms. The van der Waals surface area contributed by atoms with Crippen molar-refractivity contribution in [2.45, 2.75) is 25.5 Å². The number of pyridine rings is 1. The molecule has 106 valence electrons. The topological polar surface area (TPSA) is 59.8 Å². The van der Waals surface area contributed by atoms with E-state index in [0.717, 1.165) is 17.1 Å². The van der Waals surface area contributed by atoms with Crippen LogP contribution in [0.1, 0.15) is 19.2 Å². The maximum absolute atomic E-state index is 11.9. The van der Waals surface area contributed by atoms with E-state index in [1.54, 1.807) is 28.8 Å². The molecule has 1 N–H and O–H groups in total. The lowest BCUT2D eigenvalue weighted by atomic mass is 10.2. The van der Waals surface area contributed by atoms with Gasteiger partial charge in [0.2, 0.25) is 5.91 Å². The maximum Gasteiger partial charge on any atom is 0.239 e. The number of carbonyl (C=O) groups excluding carboxylic acids is 1. The number of hydrogen-bond acceptors (Lipinski definition) is 4. The van der Waals surface area contributed by atoms with Crippen molar-refractivity contribution in [1.29, 1.82) is 0 Å². The summed E-state index contributed by atoms with van der Waals surface area (Å²) in [5.74, 6) is 0.735. The molecule has 0 radical (unpaired) electrons. The molecule has 5 nitrogen and oxygen atoms in total. The Kier molecular flexibility index (Phi) is 4.79. The van der Waals surface area contributed by atoms with Gasteiger partial charge in [-0.05, 0) is 25.3 Å². The Bertz CT molecular complexity index is 582. The molecular formula is C14H18N4OS. The molecular weight excluding hydrogens is 272 g/mol. The molecule has 2 rings (SSSR count). The Morgan fingerprint density at radius 2 is 2.35 bits per heavy atom. The van der Waals surface area contributed by atoms with E-state index in [1.165, 1.54) is 0 Å². The first-order valence-corrected chi connectivity index (χ1v) is 7.68. The lowest BCUT2D eigenvalue weighted by Gasteiger charge is -2.10. The number of carbonyl (C=O) groups is 1. The van der Waals surface area contributed by atoms with Gasteiger partial charge in [0.25, 0.3) is 0 Å². The van der Waals surface area contributed by atoms with Crippen molar-refractivity contribution in [2.75, 3.05) is 11.7 Å². The molecule has 0 aliphatic heterocycles. The minimum absolute atomic E-state index is 0.00918. The number of amides is 1. The van der Waals surface area contributed by atoms with Crippen LogP contribution in [0.3, 0.4) is 0 Å². The number of rotatable bonds is 5. The Hall–Kier alpha value is -1.82. The van der Waals surface area contributed by atoms with Crippen molar-refractivity contribution < 1.29 is 4.79 Å². The van der Waals surface area contributed by atoms with Crippen LogP contribution >= 0.6 is 11.8 Å². The first kappa shape index (κ1) is 14.6. The molecule has 0 bridgehead atoms. The van der Waals surface area contributed by atoms with Crippen LogP contribution in [0, 0.1) is 6.92 Å². The normalized spacial score (nSPS) is 12.2. The number of imidazole rings is 1. The zero-order valence-electron chi connectivity index (χ0n) is 11.8. The Morgan fingerprint density at radius 1 is 1.55 bits per heavy atom. The SMILES string of the molecule is CSC(C)CC(=O)Nn1cc(-c2cccnc2)nc1C. The molecule has 1 atom stereocenters.